The number of nitrogens with one attached hydrogen (secondary N) is 2. The van der Waals surface area contributed by atoms with E-state index < -0.39 is 0 Å². The number of amides is 1. The van der Waals surface area contributed by atoms with Gasteiger partial charge in [0.25, 0.3) is 0 Å². The quantitative estimate of drug-likeness (QED) is 0.839. The van der Waals surface area contributed by atoms with Crippen LogP contribution in [0.1, 0.15) is 5.56 Å². The van der Waals surface area contributed by atoms with E-state index in [1.165, 1.54) is 0 Å². The van der Waals surface area contributed by atoms with Gasteiger partial charge in [0, 0.05) is 11.8 Å². The van der Waals surface area contributed by atoms with Gasteiger partial charge in [0.1, 0.15) is 5.75 Å². The first-order valence-corrected chi connectivity index (χ1v) is 5.20. The lowest BCUT2D eigenvalue weighted by Gasteiger charge is -2.07. The highest BCUT2D eigenvalue weighted by Gasteiger charge is 2.08. The second-order valence-electron chi connectivity index (χ2n) is 3.52. The first-order chi connectivity index (χ1) is 8.29. The van der Waals surface area contributed by atoms with E-state index in [4.69, 9.17) is 4.74 Å². The van der Waals surface area contributed by atoms with Crippen LogP contribution >= 0.6 is 0 Å². The Bertz CT molecular complexity index is 494. The fourth-order valence-electron chi connectivity index (χ4n) is 1.55. The Morgan fingerprint density at radius 3 is 3.00 bits per heavy atom. The van der Waals surface area contributed by atoms with Crippen molar-refractivity contribution in [1.29, 1.82) is 0 Å². The van der Waals surface area contributed by atoms with Crippen molar-refractivity contribution in [3.05, 3.63) is 42.2 Å². The van der Waals surface area contributed by atoms with Gasteiger partial charge in [-0.3, -0.25) is 9.89 Å². The summed E-state index contributed by atoms with van der Waals surface area (Å²) in [6.45, 7) is 0. The van der Waals surface area contributed by atoms with Crippen molar-refractivity contribution in [1.82, 2.24) is 10.2 Å². The SMILES string of the molecule is COc1ccccc1CC(=O)Nc1cn[nH]c1. The van der Waals surface area contributed by atoms with Gasteiger partial charge >= 0.3 is 0 Å². The summed E-state index contributed by atoms with van der Waals surface area (Å²) in [7, 11) is 1.59. The normalized spacial score (nSPS) is 9.94. The number of aromatic nitrogens is 2. The van der Waals surface area contributed by atoms with E-state index in [0.29, 0.717) is 5.69 Å². The summed E-state index contributed by atoms with van der Waals surface area (Å²) in [5.74, 6) is 0.616. The van der Waals surface area contributed by atoms with Gasteiger partial charge in [-0.05, 0) is 6.07 Å². The van der Waals surface area contributed by atoms with E-state index in [9.17, 15) is 4.79 Å². The van der Waals surface area contributed by atoms with E-state index in [-0.39, 0.29) is 12.3 Å². The van der Waals surface area contributed by atoms with Crippen LogP contribution in [0.5, 0.6) is 5.75 Å². The number of aromatic amines is 1. The number of hydrogen-bond donors (Lipinski definition) is 2. The Balaban J connectivity index is 2.03. The molecular formula is C12H13N3O2. The monoisotopic (exact) mass is 231 g/mol. The van der Waals surface area contributed by atoms with Crippen molar-refractivity contribution in [2.45, 2.75) is 6.42 Å². The van der Waals surface area contributed by atoms with Crippen LogP contribution in [0, 0.1) is 0 Å². The number of H-pyrrole nitrogens is 1. The van der Waals surface area contributed by atoms with Gasteiger partial charge in [0.05, 0.1) is 25.4 Å². The second-order valence-corrected chi connectivity index (χ2v) is 3.52. The number of anilines is 1. The Kier molecular flexibility index (Phi) is 3.40. The molecule has 0 aliphatic rings. The largest absolute Gasteiger partial charge is 0.496 e. The zero-order chi connectivity index (χ0) is 12.1. The van der Waals surface area contributed by atoms with Gasteiger partial charge in [-0.2, -0.15) is 5.10 Å². The molecular weight excluding hydrogens is 218 g/mol. The molecule has 0 radical (unpaired) electrons. The van der Waals surface area contributed by atoms with Crippen LogP contribution in [-0.4, -0.2) is 23.2 Å². The first-order valence-electron chi connectivity index (χ1n) is 5.20. The van der Waals surface area contributed by atoms with Crippen LogP contribution in [0.25, 0.3) is 0 Å². The summed E-state index contributed by atoms with van der Waals surface area (Å²) in [5.41, 5.74) is 1.51. The fourth-order valence-corrected chi connectivity index (χ4v) is 1.55. The minimum Gasteiger partial charge on any atom is -0.496 e. The van der Waals surface area contributed by atoms with Gasteiger partial charge in [-0.15, -0.1) is 0 Å². The third kappa shape index (κ3) is 2.84. The summed E-state index contributed by atoms with van der Waals surface area (Å²) in [6.07, 6.45) is 3.45. The topological polar surface area (TPSA) is 67.0 Å². The molecule has 2 N–H and O–H groups in total. The average Bonchev–Trinajstić information content (AvgIpc) is 2.82. The predicted octanol–water partition coefficient (Wildman–Crippen LogP) is 1.60. The van der Waals surface area contributed by atoms with Crippen LogP contribution in [0.2, 0.25) is 0 Å². The van der Waals surface area contributed by atoms with E-state index >= 15 is 0 Å². The number of rotatable bonds is 4. The number of methoxy groups -OCH3 is 1. The molecule has 1 amide bonds. The molecule has 2 aromatic rings. The highest BCUT2D eigenvalue weighted by Crippen LogP contribution is 2.18. The van der Waals surface area contributed by atoms with E-state index in [2.05, 4.69) is 15.5 Å². The molecule has 2 rings (SSSR count). The number of hydrogen-bond acceptors (Lipinski definition) is 3. The van der Waals surface area contributed by atoms with Crippen molar-refractivity contribution in [3.63, 3.8) is 0 Å². The minimum atomic E-state index is -0.101. The molecule has 17 heavy (non-hydrogen) atoms. The summed E-state index contributed by atoms with van der Waals surface area (Å²) >= 11 is 0. The van der Waals surface area contributed by atoms with Crippen LogP contribution in [-0.2, 0) is 11.2 Å². The molecule has 0 spiro atoms. The molecule has 0 fully saturated rings. The standard InChI is InChI=1S/C12H13N3O2/c1-17-11-5-3-2-4-9(11)6-12(16)15-10-7-13-14-8-10/h2-5,7-8H,6H2,1H3,(H,13,14)(H,15,16). The highest BCUT2D eigenvalue weighted by atomic mass is 16.5. The summed E-state index contributed by atoms with van der Waals surface area (Å²) < 4.78 is 5.18. The molecule has 0 atom stereocenters. The maximum atomic E-state index is 11.7. The molecule has 0 bridgehead atoms. The van der Waals surface area contributed by atoms with Gasteiger partial charge in [-0.25, -0.2) is 0 Å². The third-order valence-electron chi connectivity index (χ3n) is 2.33. The summed E-state index contributed by atoms with van der Waals surface area (Å²) in [6, 6.07) is 7.45. The molecule has 0 unspecified atom stereocenters. The van der Waals surface area contributed by atoms with E-state index in [0.717, 1.165) is 11.3 Å². The molecule has 1 aromatic carbocycles. The highest BCUT2D eigenvalue weighted by molar-refractivity contribution is 5.92. The number of carbonyl (C=O) groups excluding carboxylic acids is 1. The van der Waals surface area contributed by atoms with E-state index in [1.807, 2.05) is 24.3 Å². The van der Waals surface area contributed by atoms with Crippen molar-refractivity contribution in [2.75, 3.05) is 12.4 Å². The lowest BCUT2D eigenvalue weighted by molar-refractivity contribution is -0.115. The molecule has 1 aromatic heterocycles. The molecule has 5 heteroatoms. The molecule has 88 valence electrons. The summed E-state index contributed by atoms with van der Waals surface area (Å²) in [4.78, 5) is 11.7. The lowest BCUT2D eigenvalue weighted by atomic mass is 10.1. The second kappa shape index (κ2) is 5.16. The van der Waals surface area contributed by atoms with E-state index in [1.54, 1.807) is 19.5 Å². The van der Waals surface area contributed by atoms with Gasteiger partial charge in [0.2, 0.25) is 5.91 Å². The summed E-state index contributed by atoms with van der Waals surface area (Å²) in [5, 5.41) is 9.12. The van der Waals surface area contributed by atoms with Crippen LogP contribution < -0.4 is 10.1 Å². The Hall–Kier alpha value is -2.30. The Morgan fingerprint density at radius 2 is 2.29 bits per heavy atom. The zero-order valence-corrected chi connectivity index (χ0v) is 9.43. The number of para-hydroxylation sites is 1. The van der Waals surface area contributed by atoms with Crippen LogP contribution in [0.4, 0.5) is 5.69 Å². The number of benzene rings is 1. The molecule has 5 nitrogen and oxygen atoms in total. The zero-order valence-electron chi connectivity index (χ0n) is 9.43. The molecule has 1 heterocycles. The van der Waals surface area contributed by atoms with Gasteiger partial charge in [-0.1, -0.05) is 18.2 Å². The third-order valence-corrected chi connectivity index (χ3v) is 2.33. The van der Waals surface area contributed by atoms with Crippen molar-refractivity contribution >= 4 is 11.6 Å². The lowest BCUT2D eigenvalue weighted by Crippen LogP contribution is -2.14. The van der Waals surface area contributed by atoms with Crippen molar-refractivity contribution in [3.8, 4) is 5.75 Å². The Labute approximate surface area is 98.8 Å². The predicted molar refractivity (Wildman–Crippen MR) is 63.9 cm³/mol. The number of carbonyl (C=O) groups is 1. The minimum absolute atomic E-state index is 0.101. The maximum Gasteiger partial charge on any atom is 0.229 e. The average molecular weight is 231 g/mol. The first kappa shape index (κ1) is 11.2. The Morgan fingerprint density at radius 1 is 1.47 bits per heavy atom. The number of ether oxygens (including phenoxy) is 1. The maximum absolute atomic E-state index is 11.7. The van der Waals surface area contributed by atoms with Gasteiger partial charge in [0.15, 0.2) is 0 Å². The van der Waals surface area contributed by atoms with Gasteiger partial charge < -0.3 is 10.1 Å². The fraction of sp³-hybridized carbons (Fsp3) is 0.167. The van der Waals surface area contributed by atoms with Crippen molar-refractivity contribution < 1.29 is 9.53 Å². The smallest absolute Gasteiger partial charge is 0.229 e. The number of nitrogens with zero attached hydrogens (tertiary/aromatic N) is 1. The molecule has 0 saturated heterocycles. The molecule has 0 saturated carbocycles. The van der Waals surface area contributed by atoms with Crippen LogP contribution in [0.15, 0.2) is 36.7 Å². The van der Waals surface area contributed by atoms with Crippen molar-refractivity contribution in [2.24, 2.45) is 0 Å². The molecule has 0 aliphatic heterocycles. The van der Waals surface area contributed by atoms with Crippen LogP contribution in [0.3, 0.4) is 0 Å². The molecule has 0 aliphatic carbocycles.